The quantitative estimate of drug-likeness (QED) is 0.779. The van der Waals surface area contributed by atoms with Crippen molar-refractivity contribution in [2.45, 2.75) is 0 Å². The van der Waals surface area contributed by atoms with Crippen LogP contribution >= 0.6 is 23.8 Å². The SMILES string of the molecule is NC(=S)c1ccc(-n2cn[nH]c2=O)c(Cl)c1. The van der Waals surface area contributed by atoms with E-state index in [4.69, 9.17) is 29.6 Å². The fourth-order valence-corrected chi connectivity index (χ4v) is 1.67. The molecule has 0 fully saturated rings. The summed E-state index contributed by atoms with van der Waals surface area (Å²) >= 11 is 10.8. The van der Waals surface area contributed by atoms with Gasteiger partial charge >= 0.3 is 5.69 Å². The Morgan fingerprint density at radius 1 is 1.56 bits per heavy atom. The Kier molecular flexibility index (Phi) is 2.76. The maximum absolute atomic E-state index is 11.3. The Morgan fingerprint density at radius 2 is 2.31 bits per heavy atom. The van der Waals surface area contributed by atoms with Gasteiger partial charge in [0.15, 0.2) is 0 Å². The summed E-state index contributed by atoms with van der Waals surface area (Å²) in [6, 6.07) is 4.97. The molecule has 5 nitrogen and oxygen atoms in total. The van der Waals surface area contributed by atoms with Crippen molar-refractivity contribution in [3.8, 4) is 5.69 Å². The van der Waals surface area contributed by atoms with E-state index in [0.717, 1.165) is 0 Å². The molecule has 7 heteroatoms. The zero-order valence-electron chi connectivity index (χ0n) is 7.98. The maximum atomic E-state index is 11.3. The lowest BCUT2D eigenvalue weighted by Gasteiger charge is -2.05. The Morgan fingerprint density at radius 3 is 2.81 bits per heavy atom. The molecule has 0 aliphatic carbocycles. The number of H-pyrrole nitrogens is 1. The third-order valence-electron chi connectivity index (χ3n) is 2.04. The minimum atomic E-state index is -0.357. The predicted octanol–water partition coefficient (Wildman–Crippen LogP) is 0.848. The average Bonchev–Trinajstić information content (AvgIpc) is 2.64. The molecule has 0 unspecified atom stereocenters. The fourth-order valence-electron chi connectivity index (χ4n) is 1.28. The number of nitrogens with zero attached hydrogens (tertiary/aromatic N) is 2. The molecule has 0 saturated heterocycles. The van der Waals surface area contributed by atoms with Gasteiger partial charge in [0.1, 0.15) is 11.3 Å². The van der Waals surface area contributed by atoms with E-state index in [9.17, 15) is 4.79 Å². The van der Waals surface area contributed by atoms with Crippen molar-refractivity contribution in [2.75, 3.05) is 0 Å². The Hall–Kier alpha value is -1.66. The zero-order chi connectivity index (χ0) is 11.7. The minimum Gasteiger partial charge on any atom is -0.389 e. The molecule has 1 aromatic heterocycles. The van der Waals surface area contributed by atoms with Gasteiger partial charge in [-0.05, 0) is 18.2 Å². The molecule has 0 aliphatic heterocycles. The average molecular weight is 255 g/mol. The van der Waals surface area contributed by atoms with Gasteiger partial charge in [-0.25, -0.2) is 14.5 Å². The van der Waals surface area contributed by atoms with Crippen LogP contribution in [0.3, 0.4) is 0 Å². The smallest absolute Gasteiger partial charge is 0.347 e. The predicted molar refractivity (Wildman–Crippen MR) is 65.1 cm³/mol. The maximum Gasteiger partial charge on any atom is 0.347 e. The number of nitrogens with one attached hydrogen (secondary N) is 1. The van der Waals surface area contributed by atoms with E-state index in [2.05, 4.69) is 10.2 Å². The van der Waals surface area contributed by atoms with E-state index in [1.54, 1.807) is 18.2 Å². The number of halogens is 1. The molecule has 0 aliphatic rings. The van der Waals surface area contributed by atoms with E-state index in [1.807, 2.05) is 0 Å². The van der Waals surface area contributed by atoms with E-state index in [1.165, 1.54) is 10.9 Å². The highest BCUT2D eigenvalue weighted by Crippen LogP contribution is 2.20. The van der Waals surface area contributed by atoms with Crippen LogP contribution in [0.5, 0.6) is 0 Å². The molecule has 16 heavy (non-hydrogen) atoms. The van der Waals surface area contributed by atoms with E-state index >= 15 is 0 Å². The molecule has 0 atom stereocenters. The van der Waals surface area contributed by atoms with Crippen molar-refractivity contribution in [1.82, 2.24) is 14.8 Å². The number of rotatable bonds is 2. The first-order chi connectivity index (χ1) is 7.59. The van der Waals surface area contributed by atoms with E-state index in [0.29, 0.717) is 16.3 Å². The first-order valence-electron chi connectivity index (χ1n) is 4.31. The second kappa shape index (κ2) is 4.07. The Bertz CT molecular complexity index is 604. The topological polar surface area (TPSA) is 76.7 Å². The molecule has 0 radical (unpaired) electrons. The van der Waals surface area contributed by atoms with Crippen LogP contribution in [-0.4, -0.2) is 19.8 Å². The van der Waals surface area contributed by atoms with Crippen LogP contribution in [0.4, 0.5) is 0 Å². The summed E-state index contributed by atoms with van der Waals surface area (Å²) in [4.78, 5) is 11.6. The molecular formula is C9H7ClN4OS. The third kappa shape index (κ3) is 1.84. The lowest BCUT2D eigenvalue weighted by Crippen LogP contribution is -2.15. The number of hydrogen-bond donors (Lipinski definition) is 2. The van der Waals surface area contributed by atoms with Crippen LogP contribution in [0.1, 0.15) is 5.56 Å². The molecule has 0 amide bonds. The van der Waals surface area contributed by atoms with Crippen molar-refractivity contribution in [1.29, 1.82) is 0 Å². The normalized spacial score (nSPS) is 10.3. The first kappa shape index (κ1) is 10.8. The molecule has 2 aromatic rings. The number of nitrogens with two attached hydrogens (primary N) is 1. The van der Waals surface area contributed by atoms with Crippen molar-refractivity contribution in [2.24, 2.45) is 5.73 Å². The van der Waals surface area contributed by atoms with Crippen LogP contribution in [0.15, 0.2) is 29.3 Å². The number of hydrogen-bond acceptors (Lipinski definition) is 3. The fraction of sp³-hybridized carbons (Fsp3) is 0. The molecule has 0 bridgehead atoms. The van der Waals surface area contributed by atoms with Crippen LogP contribution in [-0.2, 0) is 0 Å². The lowest BCUT2D eigenvalue weighted by atomic mass is 10.2. The van der Waals surface area contributed by atoms with Crippen molar-refractivity contribution < 1.29 is 0 Å². The van der Waals surface area contributed by atoms with Crippen molar-refractivity contribution in [3.63, 3.8) is 0 Å². The highest BCUT2D eigenvalue weighted by molar-refractivity contribution is 7.80. The summed E-state index contributed by atoms with van der Waals surface area (Å²) in [7, 11) is 0. The van der Waals surface area contributed by atoms with Crippen LogP contribution in [0.2, 0.25) is 5.02 Å². The summed E-state index contributed by atoms with van der Waals surface area (Å²) in [5.41, 5.74) is 6.29. The number of aromatic nitrogens is 3. The van der Waals surface area contributed by atoms with Crippen molar-refractivity contribution >= 4 is 28.8 Å². The summed E-state index contributed by atoms with van der Waals surface area (Å²) in [6.45, 7) is 0. The van der Waals surface area contributed by atoms with Crippen LogP contribution < -0.4 is 11.4 Å². The van der Waals surface area contributed by atoms with Gasteiger partial charge in [0.2, 0.25) is 0 Å². The summed E-state index contributed by atoms with van der Waals surface area (Å²) in [5.74, 6) is 0. The second-order valence-corrected chi connectivity index (χ2v) is 3.91. The first-order valence-corrected chi connectivity index (χ1v) is 5.10. The standard InChI is InChI=1S/C9H7ClN4OS/c10-6-3-5(8(11)16)1-2-7(6)14-4-12-13-9(14)15/h1-4H,(H2,11,16)(H,13,15). The molecule has 1 aromatic carbocycles. The monoisotopic (exact) mass is 254 g/mol. The van der Waals surface area contributed by atoms with Gasteiger partial charge in [-0.15, -0.1) is 0 Å². The van der Waals surface area contributed by atoms with Gasteiger partial charge < -0.3 is 5.73 Å². The largest absolute Gasteiger partial charge is 0.389 e. The zero-order valence-corrected chi connectivity index (χ0v) is 9.55. The number of aromatic amines is 1. The van der Waals surface area contributed by atoms with Crippen LogP contribution in [0.25, 0.3) is 5.69 Å². The van der Waals surface area contributed by atoms with E-state index in [-0.39, 0.29) is 10.7 Å². The highest BCUT2D eigenvalue weighted by atomic mass is 35.5. The molecular weight excluding hydrogens is 248 g/mol. The summed E-state index contributed by atoms with van der Waals surface area (Å²) in [6.07, 6.45) is 1.35. The van der Waals surface area contributed by atoms with Gasteiger partial charge in [-0.2, -0.15) is 5.10 Å². The number of benzene rings is 1. The molecule has 2 rings (SSSR count). The van der Waals surface area contributed by atoms with Gasteiger partial charge in [-0.3, -0.25) is 0 Å². The highest BCUT2D eigenvalue weighted by Gasteiger charge is 2.07. The third-order valence-corrected chi connectivity index (χ3v) is 2.58. The minimum absolute atomic E-state index is 0.257. The Labute approximate surface area is 101 Å². The summed E-state index contributed by atoms with van der Waals surface area (Å²) in [5, 5.41) is 6.28. The van der Waals surface area contributed by atoms with Gasteiger partial charge in [0, 0.05) is 5.56 Å². The Balaban J connectivity index is 2.57. The lowest BCUT2D eigenvalue weighted by molar-refractivity contribution is 0.983. The molecule has 82 valence electrons. The molecule has 1 heterocycles. The molecule has 0 saturated carbocycles. The molecule has 0 spiro atoms. The van der Waals surface area contributed by atoms with Gasteiger partial charge in [-0.1, -0.05) is 23.8 Å². The molecule has 3 N–H and O–H groups in total. The summed E-state index contributed by atoms with van der Waals surface area (Å²) < 4.78 is 1.30. The van der Waals surface area contributed by atoms with E-state index < -0.39 is 0 Å². The number of thiocarbonyl (C=S) groups is 1. The van der Waals surface area contributed by atoms with Gasteiger partial charge in [0.25, 0.3) is 0 Å². The van der Waals surface area contributed by atoms with Gasteiger partial charge in [0.05, 0.1) is 10.7 Å². The van der Waals surface area contributed by atoms with Crippen molar-refractivity contribution in [3.05, 3.63) is 45.6 Å². The van der Waals surface area contributed by atoms with Crippen LogP contribution in [0, 0.1) is 0 Å². The second-order valence-electron chi connectivity index (χ2n) is 3.06.